The third-order valence-corrected chi connectivity index (χ3v) is 11.2. The van der Waals surface area contributed by atoms with Gasteiger partial charge in [0.25, 0.3) is 10.1 Å². The van der Waals surface area contributed by atoms with E-state index in [2.05, 4.69) is 60.7 Å². The number of hydrogen-bond acceptors (Lipinski definition) is 21. The largest absolute Gasteiger partial charge is 0.491 e. The minimum Gasteiger partial charge on any atom is -0.491 e. The molecule has 0 spiro atoms. The Kier molecular flexibility index (Phi) is 21.3. The Morgan fingerprint density at radius 1 is 0.648 bits per heavy atom. The molecule has 26 heteroatoms. The zero-order valence-corrected chi connectivity index (χ0v) is 40.1. The maximum absolute atomic E-state index is 11.6. The summed E-state index contributed by atoms with van der Waals surface area (Å²) in [5.41, 5.74) is 3.48. The van der Waals surface area contributed by atoms with Crippen LogP contribution in [0.4, 0.5) is 52.0 Å². The fraction of sp³-hybridized carbons (Fsp3) is 0.333. The van der Waals surface area contributed by atoms with Crippen molar-refractivity contribution in [3.8, 4) is 11.5 Å². The minimum absolute atomic E-state index is 0.0257. The van der Waals surface area contributed by atoms with Crippen molar-refractivity contribution in [2.75, 3.05) is 47.2 Å². The highest BCUT2D eigenvalue weighted by Crippen LogP contribution is 2.38. The van der Waals surface area contributed by atoms with Crippen LogP contribution in [0, 0.1) is 13.8 Å². The molecule has 8 N–H and O–H groups in total. The van der Waals surface area contributed by atoms with Crippen molar-refractivity contribution < 1.29 is 66.8 Å². The number of unbranched alkanes of at least 4 members (excludes halogenated alkanes) is 4. The van der Waals surface area contributed by atoms with E-state index in [4.69, 9.17) is 19.8 Å². The van der Waals surface area contributed by atoms with Gasteiger partial charge in [0.15, 0.2) is 0 Å². The molecule has 0 aliphatic carbocycles. The van der Waals surface area contributed by atoms with E-state index in [0.29, 0.717) is 89.7 Å². The second-order valence-electron chi connectivity index (χ2n) is 15.4. The number of carboxylic acids is 3. The SMILES string of the molecule is Cc1cc(Nc2nc(NCCCCCC(=O)O)nc(Nc3cc(C)c(N=Nc4cccc(C(=O)O)c4)cc3OCCCCS(=O)(=O)O)n2)c(OCCCCSOOO)cc1N=Nc1cccc(C(=O)O)c1. The molecule has 4 aromatic carbocycles. The predicted octanol–water partition coefficient (Wildman–Crippen LogP) is 10.5. The molecule has 0 saturated heterocycles. The summed E-state index contributed by atoms with van der Waals surface area (Å²) in [7, 11) is -4.19. The summed E-state index contributed by atoms with van der Waals surface area (Å²) < 4.78 is 48.8. The lowest BCUT2D eigenvalue weighted by Gasteiger charge is -2.17. The fourth-order valence-corrected chi connectivity index (χ4v) is 7.29. The quantitative estimate of drug-likeness (QED) is 0.00510. The minimum atomic E-state index is -4.19. The maximum Gasteiger partial charge on any atom is 0.335 e. The Hall–Kier alpha value is -7.36. The van der Waals surface area contributed by atoms with E-state index in [-0.39, 0.29) is 72.9 Å². The van der Waals surface area contributed by atoms with Crippen molar-refractivity contribution >= 4 is 92.0 Å². The predicted molar refractivity (Wildman–Crippen MR) is 262 cm³/mol. The molecular formula is C45H52N10O14S2. The van der Waals surface area contributed by atoms with Gasteiger partial charge in [-0.1, -0.05) is 23.6 Å². The number of aromatic carboxylic acids is 2. The van der Waals surface area contributed by atoms with Crippen LogP contribution in [0.15, 0.2) is 93.3 Å². The third kappa shape index (κ3) is 19.2. The standard InChI is InChI=1S/C45H52N10O14S2/c1-28-22-36(38(66-18-6-8-20-70-69-68-62)26-34(28)54-52-32-14-10-12-30(24-32)41(58)59)47-44-49-43(46-17-5-3-4-16-40(56)57)50-45(51-44)48-37-23-29(2)35(27-39(37)67-19-7-9-21-71(63,64)65)55-53-33-15-11-13-31(25-33)42(60)61/h10-15,22-27,62H,3-9,16-21H2,1-2H3,(H,56,57)(H,58,59)(H,60,61)(H,63,64,65)(H3,46,47,48,49,50,51). The van der Waals surface area contributed by atoms with Gasteiger partial charge < -0.3 is 40.7 Å². The maximum atomic E-state index is 11.6. The molecule has 5 aromatic rings. The molecule has 0 atom stereocenters. The number of carbonyl (C=O) groups is 3. The number of aryl methyl sites for hydroxylation is 2. The van der Waals surface area contributed by atoms with Gasteiger partial charge in [-0.3, -0.25) is 9.35 Å². The van der Waals surface area contributed by atoms with Crippen LogP contribution >= 0.6 is 12.0 Å². The number of anilines is 5. The number of carboxylic acid groups (broad SMARTS) is 3. The van der Waals surface area contributed by atoms with Crippen LogP contribution in [0.25, 0.3) is 0 Å². The highest BCUT2D eigenvalue weighted by Gasteiger charge is 2.17. The molecule has 0 saturated carbocycles. The van der Waals surface area contributed by atoms with E-state index in [9.17, 15) is 37.6 Å². The second kappa shape index (κ2) is 27.7. The van der Waals surface area contributed by atoms with Gasteiger partial charge in [-0.05, 0) is 112 Å². The fourth-order valence-electron chi connectivity index (χ4n) is 6.29. The molecule has 0 bridgehead atoms. The lowest BCUT2D eigenvalue weighted by Crippen LogP contribution is -2.12. The molecule has 71 heavy (non-hydrogen) atoms. The molecule has 1 heterocycles. The summed E-state index contributed by atoms with van der Waals surface area (Å²) in [4.78, 5) is 48.1. The highest BCUT2D eigenvalue weighted by atomic mass is 32.2. The van der Waals surface area contributed by atoms with E-state index in [0.717, 1.165) is 12.0 Å². The summed E-state index contributed by atoms with van der Waals surface area (Å²) in [6.07, 6.45) is 3.28. The first-order valence-electron chi connectivity index (χ1n) is 21.9. The topological polar surface area (TPSA) is 348 Å². The van der Waals surface area contributed by atoms with E-state index in [1.807, 2.05) is 0 Å². The van der Waals surface area contributed by atoms with Crippen molar-refractivity contribution in [3.05, 3.63) is 95.1 Å². The van der Waals surface area contributed by atoms with Crippen LogP contribution in [0.1, 0.15) is 83.2 Å². The summed E-state index contributed by atoms with van der Waals surface area (Å²) in [5, 5.41) is 66.9. The van der Waals surface area contributed by atoms with Crippen LogP contribution < -0.4 is 25.4 Å². The molecule has 0 unspecified atom stereocenters. The van der Waals surface area contributed by atoms with Crippen LogP contribution in [-0.2, 0) is 24.3 Å². The smallest absolute Gasteiger partial charge is 0.335 e. The Morgan fingerprint density at radius 2 is 1.17 bits per heavy atom. The van der Waals surface area contributed by atoms with Gasteiger partial charge in [-0.2, -0.15) is 43.8 Å². The van der Waals surface area contributed by atoms with Gasteiger partial charge in [0.2, 0.25) is 17.8 Å². The molecule has 1 aromatic heterocycles. The van der Waals surface area contributed by atoms with Gasteiger partial charge in [0.05, 0.1) is 64.2 Å². The zero-order valence-electron chi connectivity index (χ0n) is 38.5. The van der Waals surface area contributed by atoms with Crippen molar-refractivity contribution in [2.45, 2.75) is 65.2 Å². The molecule has 0 radical (unpaired) electrons. The highest BCUT2D eigenvalue weighted by molar-refractivity contribution is 7.94. The number of nitrogens with one attached hydrogen (secondary N) is 3. The van der Waals surface area contributed by atoms with Gasteiger partial charge in [0, 0.05) is 42.9 Å². The van der Waals surface area contributed by atoms with Crippen LogP contribution in [0.3, 0.4) is 0 Å². The lowest BCUT2D eigenvalue weighted by atomic mass is 10.1. The molecule has 24 nitrogen and oxygen atoms in total. The molecule has 0 aliphatic rings. The van der Waals surface area contributed by atoms with Gasteiger partial charge in [-0.15, -0.1) is 4.33 Å². The van der Waals surface area contributed by atoms with Crippen molar-refractivity contribution in [1.82, 2.24) is 15.0 Å². The molecule has 0 aliphatic heterocycles. The Labute approximate surface area is 411 Å². The number of aliphatic carboxylic acids is 1. The summed E-state index contributed by atoms with van der Waals surface area (Å²) in [6, 6.07) is 18.6. The van der Waals surface area contributed by atoms with Crippen LogP contribution in [0.2, 0.25) is 0 Å². The van der Waals surface area contributed by atoms with Gasteiger partial charge >= 0.3 is 17.9 Å². The number of azo groups is 2. The Balaban J connectivity index is 1.50. The molecule has 5 rings (SSSR count). The number of benzene rings is 4. The average molecular weight is 1020 g/mol. The van der Waals surface area contributed by atoms with Crippen molar-refractivity contribution in [1.29, 1.82) is 0 Å². The number of rotatable bonds is 31. The van der Waals surface area contributed by atoms with Crippen molar-refractivity contribution in [3.63, 3.8) is 0 Å². The molecule has 0 fully saturated rings. The number of nitrogens with zero attached hydrogens (tertiary/aromatic N) is 7. The first-order chi connectivity index (χ1) is 34.1. The third-order valence-electron chi connectivity index (χ3n) is 9.82. The first kappa shape index (κ1) is 54.6. The molecule has 378 valence electrons. The summed E-state index contributed by atoms with van der Waals surface area (Å²) >= 11 is 0.917. The first-order valence-corrected chi connectivity index (χ1v) is 24.4. The Bertz CT molecular complexity index is 2800. The van der Waals surface area contributed by atoms with E-state index in [1.54, 1.807) is 62.4 Å². The van der Waals surface area contributed by atoms with Crippen LogP contribution in [-0.4, -0.2) is 97.7 Å². The monoisotopic (exact) mass is 1020 g/mol. The lowest BCUT2D eigenvalue weighted by molar-refractivity contribution is -0.432. The second-order valence-corrected chi connectivity index (χ2v) is 17.8. The van der Waals surface area contributed by atoms with Gasteiger partial charge in [-0.25, -0.2) is 14.8 Å². The van der Waals surface area contributed by atoms with Gasteiger partial charge in [0.1, 0.15) is 11.5 Å². The number of hydrogen-bond donors (Lipinski definition) is 8. The van der Waals surface area contributed by atoms with E-state index in [1.165, 1.54) is 24.3 Å². The zero-order chi connectivity index (χ0) is 51.2. The summed E-state index contributed by atoms with van der Waals surface area (Å²) in [5.74, 6) is -2.31. The molecule has 0 amide bonds. The number of ether oxygens (including phenoxy) is 2. The van der Waals surface area contributed by atoms with Crippen LogP contribution in [0.5, 0.6) is 11.5 Å². The van der Waals surface area contributed by atoms with E-state index < -0.39 is 33.8 Å². The average Bonchev–Trinajstić information content (AvgIpc) is 3.32. The van der Waals surface area contributed by atoms with Crippen molar-refractivity contribution in [2.24, 2.45) is 20.5 Å². The molecular weight excluding hydrogens is 969 g/mol. The summed E-state index contributed by atoms with van der Waals surface area (Å²) in [6.45, 7) is 4.19. The normalized spacial score (nSPS) is 11.5. The number of aromatic nitrogens is 3. The Morgan fingerprint density at radius 3 is 1.66 bits per heavy atom. The van der Waals surface area contributed by atoms with E-state index >= 15 is 0 Å².